The molecule has 27 heavy (non-hydrogen) atoms. The molecule has 3 rings (SSSR count). The van der Waals surface area contributed by atoms with Crippen molar-refractivity contribution in [1.29, 1.82) is 0 Å². The first-order chi connectivity index (χ1) is 12.9. The number of carbonyl (C=O) groups is 2. The van der Waals surface area contributed by atoms with Gasteiger partial charge in [-0.3, -0.25) is 10.1 Å². The van der Waals surface area contributed by atoms with Gasteiger partial charge in [-0.2, -0.15) is 5.10 Å². The molecule has 0 bridgehead atoms. The third-order valence-electron chi connectivity index (χ3n) is 4.35. The Morgan fingerprint density at radius 1 is 1.15 bits per heavy atom. The number of aryl methyl sites for hydroxylation is 2. The van der Waals surface area contributed by atoms with Gasteiger partial charge in [0.05, 0.1) is 5.69 Å². The van der Waals surface area contributed by atoms with Gasteiger partial charge in [0, 0.05) is 23.0 Å². The molecule has 1 atom stereocenters. The molecule has 142 valence electrons. The van der Waals surface area contributed by atoms with E-state index in [1.165, 1.54) is 0 Å². The number of nitrogens with zero attached hydrogens (tertiary/aromatic N) is 2. The quantitative estimate of drug-likeness (QED) is 0.666. The molecule has 3 amide bonds. The van der Waals surface area contributed by atoms with Crippen molar-refractivity contribution < 1.29 is 9.59 Å². The number of carbonyl (C=O) groups excluding carboxylic acids is 2. The maximum atomic E-state index is 12.4. The maximum Gasteiger partial charge on any atom is 0.324 e. The topological polar surface area (TPSA) is 100 Å². The fourth-order valence-corrected chi connectivity index (χ4v) is 2.98. The summed E-state index contributed by atoms with van der Waals surface area (Å²) in [6.45, 7) is 7.60. The number of hydrogen-bond donors (Lipinski definition) is 4. The van der Waals surface area contributed by atoms with Gasteiger partial charge in [0.2, 0.25) is 0 Å². The maximum absolute atomic E-state index is 12.4. The van der Waals surface area contributed by atoms with Gasteiger partial charge in [-0.25, -0.2) is 9.48 Å². The summed E-state index contributed by atoms with van der Waals surface area (Å²) in [5.74, 6) is 0.338. The van der Waals surface area contributed by atoms with E-state index in [4.69, 9.17) is 0 Å². The lowest BCUT2D eigenvalue weighted by Gasteiger charge is -2.29. The van der Waals surface area contributed by atoms with Crippen LogP contribution in [0.1, 0.15) is 37.8 Å². The Morgan fingerprint density at radius 2 is 1.85 bits per heavy atom. The molecule has 1 aromatic heterocycles. The van der Waals surface area contributed by atoms with Crippen LogP contribution in [0.2, 0.25) is 0 Å². The standard InChI is InChI=1S/C19H24N6O2/c1-5-15-13(4)20-18(23-17(15)26)25-16(10-12(3)24-25)22-19(27)21-14-8-6-11(2)7-9-14/h6-10,18,20H,5H2,1-4H3,(H,23,26)(H2,21,22,27). The van der Waals surface area contributed by atoms with E-state index in [0.29, 0.717) is 23.5 Å². The van der Waals surface area contributed by atoms with Crippen LogP contribution >= 0.6 is 0 Å². The summed E-state index contributed by atoms with van der Waals surface area (Å²) in [4.78, 5) is 24.6. The van der Waals surface area contributed by atoms with Gasteiger partial charge in [0.25, 0.3) is 5.91 Å². The summed E-state index contributed by atoms with van der Waals surface area (Å²) in [5, 5.41) is 16.1. The molecule has 0 saturated carbocycles. The van der Waals surface area contributed by atoms with E-state index in [-0.39, 0.29) is 11.9 Å². The van der Waals surface area contributed by atoms with Crippen LogP contribution in [-0.2, 0) is 4.79 Å². The summed E-state index contributed by atoms with van der Waals surface area (Å²) in [5.41, 5.74) is 4.04. The van der Waals surface area contributed by atoms with Gasteiger partial charge in [-0.05, 0) is 39.3 Å². The number of hydrogen-bond acceptors (Lipinski definition) is 4. The van der Waals surface area contributed by atoms with E-state index >= 15 is 0 Å². The van der Waals surface area contributed by atoms with Gasteiger partial charge < -0.3 is 16.0 Å². The molecule has 2 heterocycles. The van der Waals surface area contributed by atoms with E-state index in [0.717, 1.165) is 17.0 Å². The molecule has 0 fully saturated rings. The van der Waals surface area contributed by atoms with Crippen molar-refractivity contribution in [3.05, 3.63) is 52.9 Å². The lowest BCUT2D eigenvalue weighted by molar-refractivity contribution is -0.120. The van der Waals surface area contributed by atoms with Crippen LogP contribution in [0.5, 0.6) is 0 Å². The smallest absolute Gasteiger partial charge is 0.324 e. The van der Waals surface area contributed by atoms with Crippen molar-refractivity contribution in [3.8, 4) is 0 Å². The van der Waals surface area contributed by atoms with Crippen molar-refractivity contribution in [2.45, 2.75) is 40.4 Å². The van der Waals surface area contributed by atoms with Gasteiger partial charge >= 0.3 is 6.03 Å². The predicted molar refractivity (Wildman–Crippen MR) is 104 cm³/mol. The third kappa shape index (κ3) is 4.11. The van der Waals surface area contributed by atoms with Crippen LogP contribution in [-0.4, -0.2) is 21.7 Å². The minimum Gasteiger partial charge on any atom is -0.350 e. The predicted octanol–water partition coefficient (Wildman–Crippen LogP) is 3.00. The fourth-order valence-electron chi connectivity index (χ4n) is 2.98. The zero-order chi connectivity index (χ0) is 19.6. The Morgan fingerprint density at radius 3 is 2.48 bits per heavy atom. The van der Waals surface area contributed by atoms with Crippen LogP contribution in [0.15, 0.2) is 41.6 Å². The van der Waals surface area contributed by atoms with Crippen LogP contribution in [0.25, 0.3) is 0 Å². The molecule has 8 nitrogen and oxygen atoms in total. The highest BCUT2D eigenvalue weighted by Crippen LogP contribution is 2.20. The summed E-state index contributed by atoms with van der Waals surface area (Å²) in [6, 6.07) is 8.87. The summed E-state index contributed by atoms with van der Waals surface area (Å²) < 4.78 is 1.55. The number of aromatic nitrogens is 2. The highest BCUT2D eigenvalue weighted by molar-refractivity contribution is 5.99. The number of urea groups is 1. The van der Waals surface area contributed by atoms with Crippen molar-refractivity contribution in [3.63, 3.8) is 0 Å². The van der Waals surface area contributed by atoms with Crippen LogP contribution in [0.4, 0.5) is 16.3 Å². The summed E-state index contributed by atoms with van der Waals surface area (Å²) in [6.07, 6.45) is 0.0655. The van der Waals surface area contributed by atoms with Crippen molar-refractivity contribution in [2.24, 2.45) is 0 Å². The molecule has 8 heteroatoms. The van der Waals surface area contributed by atoms with E-state index in [1.807, 2.05) is 52.0 Å². The molecule has 1 aliphatic rings. The number of nitrogens with one attached hydrogen (secondary N) is 4. The van der Waals surface area contributed by atoms with Gasteiger partial charge in [-0.15, -0.1) is 0 Å². The molecule has 0 radical (unpaired) electrons. The SMILES string of the molecule is CCC1=C(C)NC(n2nc(C)cc2NC(=O)Nc2ccc(C)cc2)NC1=O. The lowest BCUT2D eigenvalue weighted by atomic mass is 10.1. The number of amides is 3. The molecule has 4 N–H and O–H groups in total. The van der Waals surface area contributed by atoms with Crippen LogP contribution in [0, 0.1) is 13.8 Å². The van der Waals surface area contributed by atoms with Crippen molar-refractivity contribution >= 4 is 23.4 Å². The first-order valence-corrected chi connectivity index (χ1v) is 8.85. The van der Waals surface area contributed by atoms with Gasteiger partial charge in [0.15, 0.2) is 6.29 Å². The fraction of sp³-hybridized carbons (Fsp3) is 0.316. The van der Waals surface area contributed by atoms with E-state index in [1.54, 1.807) is 10.7 Å². The van der Waals surface area contributed by atoms with Crippen LogP contribution in [0.3, 0.4) is 0 Å². The normalized spacial score (nSPS) is 16.6. The summed E-state index contributed by atoms with van der Waals surface area (Å²) in [7, 11) is 0. The second-order valence-corrected chi connectivity index (χ2v) is 6.54. The number of allylic oxidation sites excluding steroid dienone is 1. The first kappa shape index (κ1) is 18.5. The average Bonchev–Trinajstić information content (AvgIpc) is 2.97. The highest BCUT2D eigenvalue weighted by atomic mass is 16.2. The second kappa shape index (κ2) is 7.53. The van der Waals surface area contributed by atoms with Crippen molar-refractivity contribution in [1.82, 2.24) is 20.4 Å². The monoisotopic (exact) mass is 368 g/mol. The van der Waals surface area contributed by atoms with Crippen LogP contribution < -0.4 is 21.3 Å². The molecule has 1 aliphatic heterocycles. The zero-order valence-electron chi connectivity index (χ0n) is 15.9. The van der Waals surface area contributed by atoms with Gasteiger partial charge in [-0.1, -0.05) is 24.6 Å². The Hall–Kier alpha value is -3.29. The first-order valence-electron chi connectivity index (χ1n) is 8.85. The molecular weight excluding hydrogens is 344 g/mol. The second-order valence-electron chi connectivity index (χ2n) is 6.54. The van der Waals surface area contributed by atoms with Crippen molar-refractivity contribution in [2.75, 3.05) is 10.6 Å². The molecular formula is C19H24N6O2. The zero-order valence-corrected chi connectivity index (χ0v) is 15.9. The number of anilines is 2. The van der Waals surface area contributed by atoms with Gasteiger partial charge in [0.1, 0.15) is 5.82 Å². The van der Waals surface area contributed by atoms with E-state index < -0.39 is 6.29 Å². The molecule has 0 spiro atoms. The molecule has 1 unspecified atom stereocenters. The molecule has 0 aliphatic carbocycles. The highest BCUT2D eigenvalue weighted by Gasteiger charge is 2.26. The third-order valence-corrected chi connectivity index (χ3v) is 4.35. The molecule has 2 aromatic rings. The molecule has 1 aromatic carbocycles. The summed E-state index contributed by atoms with van der Waals surface area (Å²) >= 11 is 0. The number of benzene rings is 1. The Balaban J connectivity index is 1.76. The molecule has 0 saturated heterocycles. The largest absolute Gasteiger partial charge is 0.350 e. The number of rotatable bonds is 4. The average molecular weight is 368 g/mol. The lowest BCUT2D eigenvalue weighted by Crippen LogP contribution is -2.47. The minimum absolute atomic E-state index is 0.137. The van der Waals surface area contributed by atoms with E-state index in [9.17, 15) is 9.59 Å². The minimum atomic E-state index is -0.573. The van der Waals surface area contributed by atoms with E-state index in [2.05, 4.69) is 26.4 Å². The Kier molecular flexibility index (Phi) is 5.16. The Bertz CT molecular complexity index is 897. The Labute approximate surface area is 158 Å².